The van der Waals surface area contributed by atoms with Crippen LogP contribution in [-0.4, -0.2) is 15.0 Å². The van der Waals surface area contributed by atoms with E-state index in [9.17, 15) is 13.2 Å². The fourth-order valence-electron chi connectivity index (χ4n) is 1.94. The van der Waals surface area contributed by atoms with Gasteiger partial charge in [-0.05, 0) is 30.3 Å². The zero-order chi connectivity index (χ0) is 15.0. The SMILES string of the molecule is Nc1c(-c2ccc(F)c(F)c2)nnn1-c1ccccc1F. The molecule has 21 heavy (non-hydrogen) atoms. The summed E-state index contributed by atoms with van der Waals surface area (Å²) in [6, 6.07) is 9.14. The van der Waals surface area contributed by atoms with Crippen LogP contribution < -0.4 is 5.73 Å². The summed E-state index contributed by atoms with van der Waals surface area (Å²) in [5.41, 5.74) is 6.41. The molecule has 0 aliphatic heterocycles. The number of benzene rings is 2. The Morgan fingerprint density at radius 3 is 2.38 bits per heavy atom. The van der Waals surface area contributed by atoms with Crippen LogP contribution in [0.25, 0.3) is 16.9 Å². The highest BCUT2D eigenvalue weighted by Gasteiger charge is 2.16. The maximum atomic E-state index is 13.7. The number of hydrogen-bond donors (Lipinski definition) is 1. The van der Waals surface area contributed by atoms with Gasteiger partial charge in [0.1, 0.15) is 17.2 Å². The Kier molecular flexibility index (Phi) is 3.09. The van der Waals surface area contributed by atoms with E-state index in [-0.39, 0.29) is 22.8 Å². The van der Waals surface area contributed by atoms with Crippen molar-refractivity contribution < 1.29 is 13.2 Å². The van der Waals surface area contributed by atoms with Gasteiger partial charge in [0.15, 0.2) is 17.5 Å². The lowest BCUT2D eigenvalue weighted by Crippen LogP contribution is -2.04. The van der Waals surface area contributed by atoms with Crippen LogP contribution in [0.1, 0.15) is 0 Å². The first kappa shape index (κ1) is 13.2. The van der Waals surface area contributed by atoms with E-state index in [4.69, 9.17) is 5.73 Å². The summed E-state index contributed by atoms with van der Waals surface area (Å²) in [5, 5.41) is 7.57. The van der Waals surface area contributed by atoms with Crippen LogP contribution >= 0.6 is 0 Å². The third kappa shape index (κ3) is 2.22. The topological polar surface area (TPSA) is 56.7 Å². The van der Waals surface area contributed by atoms with E-state index in [0.29, 0.717) is 0 Å². The van der Waals surface area contributed by atoms with E-state index in [1.807, 2.05) is 0 Å². The maximum absolute atomic E-state index is 13.7. The van der Waals surface area contributed by atoms with Crippen LogP contribution in [-0.2, 0) is 0 Å². The first-order chi connectivity index (χ1) is 10.1. The van der Waals surface area contributed by atoms with Gasteiger partial charge in [-0.1, -0.05) is 17.3 Å². The van der Waals surface area contributed by atoms with Crippen molar-refractivity contribution in [1.29, 1.82) is 0 Å². The number of aromatic nitrogens is 3. The molecule has 0 saturated heterocycles. The third-order valence-corrected chi connectivity index (χ3v) is 2.98. The number of nitrogen functional groups attached to an aromatic ring is 1. The standard InChI is InChI=1S/C14H9F3N4/c15-9-6-5-8(7-11(9)17)13-14(18)21(20-19-13)12-4-2-1-3-10(12)16/h1-7H,18H2. The molecule has 0 aliphatic rings. The number of nitrogens with two attached hydrogens (primary N) is 1. The molecule has 3 rings (SSSR count). The largest absolute Gasteiger partial charge is 0.382 e. The lowest BCUT2D eigenvalue weighted by molar-refractivity contribution is 0.509. The second-order valence-corrected chi connectivity index (χ2v) is 4.32. The molecule has 7 heteroatoms. The summed E-state index contributed by atoms with van der Waals surface area (Å²) in [4.78, 5) is 0. The molecule has 106 valence electrons. The fraction of sp³-hybridized carbons (Fsp3) is 0. The minimum atomic E-state index is -1.02. The Morgan fingerprint density at radius 2 is 1.67 bits per heavy atom. The molecule has 0 unspecified atom stereocenters. The molecular weight excluding hydrogens is 281 g/mol. The van der Waals surface area contributed by atoms with Crippen molar-refractivity contribution in [3.63, 3.8) is 0 Å². The van der Waals surface area contributed by atoms with Crippen LogP contribution in [0.15, 0.2) is 42.5 Å². The third-order valence-electron chi connectivity index (χ3n) is 2.98. The predicted molar refractivity (Wildman–Crippen MR) is 71.1 cm³/mol. The van der Waals surface area contributed by atoms with E-state index in [2.05, 4.69) is 10.3 Å². The Balaban J connectivity index is 2.11. The van der Waals surface area contributed by atoms with Crippen molar-refractivity contribution in [3.8, 4) is 16.9 Å². The highest BCUT2D eigenvalue weighted by atomic mass is 19.2. The van der Waals surface area contributed by atoms with Gasteiger partial charge in [-0.3, -0.25) is 0 Å². The zero-order valence-corrected chi connectivity index (χ0v) is 10.6. The van der Waals surface area contributed by atoms with Gasteiger partial charge in [0, 0.05) is 5.56 Å². The summed E-state index contributed by atoms with van der Waals surface area (Å²) in [7, 11) is 0. The smallest absolute Gasteiger partial charge is 0.159 e. The molecule has 0 fully saturated rings. The number of nitrogens with zero attached hydrogens (tertiary/aromatic N) is 3. The molecule has 1 aromatic heterocycles. The molecule has 2 aromatic carbocycles. The average Bonchev–Trinajstić information content (AvgIpc) is 2.84. The monoisotopic (exact) mass is 290 g/mol. The molecule has 0 amide bonds. The molecule has 0 atom stereocenters. The molecule has 4 nitrogen and oxygen atoms in total. The maximum Gasteiger partial charge on any atom is 0.159 e. The molecule has 0 spiro atoms. The Morgan fingerprint density at radius 1 is 0.905 bits per heavy atom. The van der Waals surface area contributed by atoms with Crippen molar-refractivity contribution in [2.75, 3.05) is 5.73 Å². The Bertz CT molecular complexity index is 814. The number of anilines is 1. The minimum Gasteiger partial charge on any atom is -0.382 e. The van der Waals surface area contributed by atoms with Crippen molar-refractivity contribution in [2.45, 2.75) is 0 Å². The van der Waals surface area contributed by atoms with E-state index in [1.54, 1.807) is 6.07 Å². The summed E-state index contributed by atoms with van der Waals surface area (Å²) in [6.07, 6.45) is 0. The highest BCUT2D eigenvalue weighted by Crippen LogP contribution is 2.27. The summed E-state index contributed by atoms with van der Waals surface area (Å²) in [5.74, 6) is -2.48. The van der Waals surface area contributed by atoms with Gasteiger partial charge >= 0.3 is 0 Å². The first-order valence-corrected chi connectivity index (χ1v) is 5.99. The summed E-state index contributed by atoms with van der Waals surface area (Å²) in [6.45, 7) is 0. The van der Waals surface area contributed by atoms with Crippen molar-refractivity contribution in [1.82, 2.24) is 15.0 Å². The first-order valence-electron chi connectivity index (χ1n) is 5.99. The van der Waals surface area contributed by atoms with E-state index >= 15 is 0 Å². The number of para-hydroxylation sites is 1. The van der Waals surface area contributed by atoms with E-state index < -0.39 is 17.5 Å². The Labute approximate surface area is 117 Å². The second-order valence-electron chi connectivity index (χ2n) is 4.32. The van der Waals surface area contributed by atoms with E-state index in [0.717, 1.165) is 16.8 Å². The van der Waals surface area contributed by atoms with Crippen LogP contribution in [0.3, 0.4) is 0 Å². The highest BCUT2D eigenvalue weighted by molar-refractivity contribution is 5.71. The lowest BCUT2D eigenvalue weighted by atomic mass is 10.1. The van der Waals surface area contributed by atoms with Gasteiger partial charge in [-0.2, -0.15) is 4.68 Å². The Hall–Kier alpha value is -2.83. The molecule has 0 radical (unpaired) electrons. The number of rotatable bonds is 2. The van der Waals surface area contributed by atoms with Crippen molar-refractivity contribution >= 4 is 5.82 Å². The van der Waals surface area contributed by atoms with Gasteiger partial charge in [-0.15, -0.1) is 5.10 Å². The molecule has 3 aromatic rings. The van der Waals surface area contributed by atoms with Crippen LogP contribution in [0, 0.1) is 17.5 Å². The molecule has 1 heterocycles. The van der Waals surface area contributed by atoms with Gasteiger partial charge in [0.25, 0.3) is 0 Å². The zero-order valence-electron chi connectivity index (χ0n) is 10.6. The van der Waals surface area contributed by atoms with Crippen molar-refractivity contribution in [3.05, 3.63) is 59.9 Å². The number of halogens is 3. The van der Waals surface area contributed by atoms with Gasteiger partial charge in [0.05, 0.1) is 0 Å². The molecule has 2 N–H and O–H groups in total. The fourth-order valence-corrected chi connectivity index (χ4v) is 1.94. The molecule has 0 bridgehead atoms. The lowest BCUT2D eigenvalue weighted by Gasteiger charge is -2.04. The van der Waals surface area contributed by atoms with E-state index in [1.165, 1.54) is 24.3 Å². The van der Waals surface area contributed by atoms with Crippen LogP contribution in [0.5, 0.6) is 0 Å². The van der Waals surface area contributed by atoms with Crippen LogP contribution in [0.2, 0.25) is 0 Å². The van der Waals surface area contributed by atoms with Crippen LogP contribution in [0.4, 0.5) is 19.0 Å². The summed E-state index contributed by atoms with van der Waals surface area (Å²) < 4.78 is 41.0. The molecular formula is C14H9F3N4. The normalized spacial score (nSPS) is 10.8. The van der Waals surface area contributed by atoms with Gasteiger partial charge < -0.3 is 5.73 Å². The predicted octanol–water partition coefficient (Wildman–Crippen LogP) is 2.93. The average molecular weight is 290 g/mol. The summed E-state index contributed by atoms with van der Waals surface area (Å²) >= 11 is 0. The van der Waals surface area contributed by atoms with Gasteiger partial charge in [0.2, 0.25) is 0 Å². The second kappa shape index (κ2) is 4.93. The van der Waals surface area contributed by atoms with Crippen molar-refractivity contribution in [2.24, 2.45) is 0 Å². The molecule has 0 aliphatic carbocycles. The number of hydrogen-bond acceptors (Lipinski definition) is 3. The van der Waals surface area contributed by atoms with Gasteiger partial charge in [-0.25, -0.2) is 13.2 Å². The quantitative estimate of drug-likeness (QED) is 0.789. The minimum absolute atomic E-state index is 0.0334. The molecule has 0 saturated carbocycles.